The highest BCUT2D eigenvalue weighted by molar-refractivity contribution is 7.92. The first-order valence-electron chi connectivity index (χ1n) is 9.28. The topological polar surface area (TPSA) is 119 Å². The van der Waals surface area contributed by atoms with E-state index in [1.54, 1.807) is 7.11 Å². The molecule has 0 saturated carbocycles. The molecule has 0 heterocycles. The Kier molecular flexibility index (Phi) is 7.76. The number of sulfonamides is 1. The number of nitro groups is 1. The van der Waals surface area contributed by atoms with Crippen LogP contribution in [0.1, 0.15) is 18.9 Å². The summed E-state index contributed by atoms with van der Waals surface area (Å²) in [6.07, 6.45) is 2.27. The van der Waals surface area contributed by atoms with Gasteiger partial charge in [0, 0.05) is 18.7 Å². The predicted octanol–water partition coefficient (Wildman–Crippen LogP) is 2.51. The van der Waals surface area contributed by atoms with Crippen molar-refractivity contribution >= 4 is 27.3 Å². The zero-order valence-electron chi connectivity index (χ0n) is 17.1. The lowest BCUT2D eigenvalue weighted by Gasteiger charge is -2.28. The number of nitro benzene ring substituents is 1. The van der Waals surface area contributed by atoms with Crippen LogP contribution in [0.3, 0.4) is 0 Å². The number of nitrogens with one attached hydrogen (secondary N) is 1. The molecule has 162 valence electrons. The summed E-state index contributed by atoms with van der Waals surface area (Å²) in [5, 5.41) is 13.7. The smallest absolute Gasteiger partial charge is 0.271 e. The first kappa shape index (κ1) is 23.1. The van der Waals surface area contributed by atoms with E-state index in [2.05, 4.69) is 5.32 Å². The molecule has 2 aromatic rings. The molecular formula is C20H25N3O6S. The monoisotopic (exact) mass is 435 g/mol. The van der Waals surface area contributed by atoms with Crippen molar-refractivity contribution in [1.82, 2.24) is 5.32 Å². The van der Waals surface area contributed by atoms with Gasteiger partial charge in [0.1, 0.15) is 11.8 Å². The van der Waals surface area contributed by atoms with Gasteiger partial charge in [-0.3, -0.25) is 19.2 Å². The molecule has 0 aliphatic heterocycles. The van der Waals surface area contributed by atoms with E-state index in [1.165, 1.54) is 25.1 Å². The van der Waals surface area contributed by atoms with Crippen molar-refractivity contribution in [3.8, 4) is 5.75 Å². The lowest BCUT2D eigenvalue weighted by Crippen LogP contribution is -2.48. The highest BCUT2D eigenvalue weighted by Gasteiger charge is 2.29. The molecule has 10 heteroatoms. The van der Waals surface area contributed by atoms with Gasteiger partial charge >= 0.3 is 0 Å². The lowest BCUT2D eigenvalue weighted by atomic mass is 10.1. The van der Waals surface area contributed by atoms with E-state index in [9.17, 15) is 23.3 Å². The van der Waals surface area contributed by atoms with E-state index < -0.39 is 26.9 Å². The second-order valence-corrected chi connectivity index (χ2v) is 8.58. The largest absolute Gasteiger partial charge is 0.496 e. The second-order valence-electron chi connectivity index (χ2n) is 6.72. The number of para-hydroxylation sites is 1. The average molecular weight is 436 g/mol. The van der Waals surface area contributed by atoms with Crippen molar-refractivity contribution in [2.45, 2.75) is 25.8 Å². The summed E-state index contributed by atoms with van der Waals surface area (Å²) in [7, 11) is -2.26. The molecule has 0 aromatic heterocycles. The van der Waals surface area contributed by atoms with Gasteiger partial charge in [0.2, 0.25) is 15.9 Å². The van der Waals surface area contributed by atoms with E-state index >= 15 is 0 Å². The van der Waals surface area contributed by atoms with Crippen molar-refractivity contribution < 1.29 is 22.9 Å². The summed E-state index contributed by atoms with van der Waals surface area (Å²) >= 11 is 0. The van der Waals surface area contributed by atoms with E-state index in [-0.39, 0.29) is 11.4 Å². The Morgan fingerprint density at radius 3 is 2.57 bits per heavy atom. The van der Waals surface area contributed by atoms with E-state index in [0.717, 1.165) is 27.9 Å². The molecule has 0 aliphatic carbocycles. The number of benzene rings is 2. The number of rotatable bonds is 10. The van der Waals surface area contributed by atoms with Crippen LogP contribution in [0.25, 0.3) is 0 Å². The Morgan fingerprint density at radius 2 is 1.93 bits per heavy atom. The van der Waals surface area contributed by atoms with Gasteiger partial charge in [0.05, 0.1) is 24.0 Å². The summed E-state index contributed by atoms with van der Waals surface area (Å²) in [5.74, 6) is 0.276. The highest BCUT2D eigenvalue weighted by atomic mass is 32.2. The molecule has 1 unspecified atom stereocenters. The van der Waals surface area contributed by atoms with Crippen molar-refractivity contribution in [2.75, 3.05) is 24.2 Å². The molecule has 0 saturated heterocycles. The molecule has 0 fully saturated rings. The molecule has 0 spiro atoms. The third kappa shape index (κ3) is 5.93. The minimum Gasteiger partial charge on any atom is -0.496 e. The van der Waals surface area contributed by atoms with Crippen LogP contribution < -0.4 is 14.4 Å². The molecule has 0 radical (unpaired) electrons. The van der Waals surface area contributed by atoms with Crippen LogP contribution >= 0.6 is 0 Å². The molecule has 2 aromatic carbocycles. The normalized spacial score (nSPS) is 12.1. The number of aryl methyl sites for hydroxylation is 1. The number of amides is 1. The van der Waals surface area contributed by atoms with Gasteiger partial charge in [0.15, 0.2) is 0 Å². The van der Waals surface area contributed by atoms with E-state index in [4.69, 9.17) is 4.74 Å². The fourth-order valence-electron chi connectivity index (χ4n) is 3.10. The standard InChI is InChI=1S/C20H25N3O6S/c1-15(20(24)21-13-7-9-16-8-4-5-12-19(16)29-2)22(30(3,27)28)17-10-6-11-18(14-17)23(25)26/h4-6,8,10-12,14-15H,7,9,13H2,1-3H3,(H,21,24). The fourth-order valence-corrected chi connectivity index (χ4v) is 4.27. The van der Waals surface area contributed by atoms with Crippen LogP contribution in [0.15, 0.2) is 48.5 Å². The number of non-ortho nitro benzene ring substituents is 1. The summed E-state index contributed by atoms with van der Waals surface area (Å²) in [6, 6.07) is 11.7. The quantitative estimate of drug-likeness (QED) is 0.348. The Balaban J connectivity index is 2.06. The van der Waals surface area contributed by atoms with Crippen LogP contribution in [-0.2, 0) is 21.2 Å². The number of nitrogens with zero attached hydrogens (tertiary/aromatic N) is 2. The fraction of sp³-hybridized carbons (Fsp3) is 0.350. The number of hydrogen-bond donors (Lipinski definition) is 1. The second kappa shape index (κ2) is 10.1. The summed E-state index contributed by atoms with van der Waals surface area (Å²) < 4.78 is 30.8. The number of ether oxygens (including phenoxy) is 1. The van der Waals surface area contributed by atoms with Gasteiger partial charge in [0.25, 0.3) is 5.69 Å². The molecule has 0 aliphatic rings. The molecule has 1 atom stereocenters. The van der Waals surface area contributed by atoms with Gasteiger partial charge < -0.3 is 10.1 Å². The van der Waals surface area contributed by atoms with E-state index in [1.807, 2.05) is 24.3 Å². The average Bonchev–Trinajstić information content (AvgIpc) is 2.70. The van der Waals surface area contributed by atoms with Gasteiger partial charge in [-0.1, -0.05) is 24.3 Å². The third-order valence-electron chi connectivity index (χ3n) is 4.50. The zero-order valence-corrected chi connectivity index (χ0v) is 17.9. The van der Waals surface area contributed by atoms with Crippen LogP contribution in [0.4, 0.5) is 11.4 Å². The van der Waals surface area contributed by atoms with E-state index in [0.29, 0.717) is 19.4 Å². The SMILES string of the molecule is COc1ccccc1CCCNC(=O)C(C)N(c1cccc([N+](=O)[O-])c1)S(C)(=O)=O. The zero-order chi connectivity index (χ0) is 22.3. The third-order valence-corrected chi connectivity index (χ3v) is 5.74. The van der Waals surface area contributed by atoms with Crippen LogP contribution in [0.5, 0.6) is 5.75 Å². The Morgan fingerprint density at radius 1 is 1.23 bits per heavy atom. The number of carbonyl (C=O) groups excluding carboxylic acids is 1. The van der Waals surface area contributed by atoms with Gasteiger partial charge in [-0.05, 0) is 37.5 Å². The van der Waals surface area contributed by atoms with Crippen LogP contribution in [0.2, 0.25) is 0 Å². The number of carbonyl (C=O) groups is 1. The highest BCUT2D eigenvalue weighted by Crippen LogP contribution is 2.25. The molecular weight excluding hydrogens is 410 g/mol. The maximum absolute atomic E-state index is 12.6. The lowest BCUT2D eigenvalue weighted by molar-refractivity contribution is -0.384. The van der Waals surface area contributed by atoms with Crippen LogP contribution in [0, 0.1) is 10.1 Å². The summed E-state index contributed by atoms with van der Waals surface area (Å²) in [6.45, 7) is 1.78. The van der Waals surface area contributed by atoms with Gasteiger partial charge in [-0.2, -0.15) is 0 Å². The summed E-state index contributed by atoms with van der Waals surface area (Å²) in [4.78, 5) is 23.0. The molecule has 9 nitrogen and oxygen atoms in total. The molecule has 1 amide bonds. The number of methoxy groups -OCH3 is 1. The van der Waals surface area contributed by atoms with Crippen molar-refractivity contribution in [3.05, 3.63) is 64.2 Å². The Bertz CT molecular complexity index is 1010. The van der Waals surface area contributed by atoms with Crippen molar-refractivity contribution in [1.29, 1.82) is 0 Å². The van der Waals surface area contributed by atoms with Gasteiger partial charge in [-0.25, -0.2) is 8.42 Å². The van der Waals surface area contributed by atoms with Crippen molar-refractivity contribution in [3.63, 3.8) is 0 Å². The molecule has 2 rings (SSSR count). The first-order valence-corrected chi connectivity index (χ1v) is 11.1. The Hall–Kier alpha value is -3.14. The summed E-state index contributed by atoms with van der Waals surface area (Å²) in [5.41, 5.74) is 0.811. The minimum atomic E-state index is -3.85. The van der Waals surface area contributed by atoms with Crippen molar-refractivity contribution in [2.24, 2.45) is 0 Å². The maximum atomic E-state index is 12.6. The Labute approximate surface area is 175 Å². The molecule has 30 heavy (non-hydrogen) atoms. The number of hydrogen-bond acceptors (Lipinski definition) is 6. The predicted molar refractivity (Wildman–Crippen MR) is 114 cm³/mol. The van der Waals surface area contributed by atoms with Gasteiger partial charge in [-0.15, -0.1) is 0 Å². The minimum absolute atomic E-state index is 0.0587. The first-order chi connectivity index (χ1) is 14.1. The maximum Gasteiger partial charge on any atom is 0.271 e. The number of anilines is 1. The molecule has 0 bridgehead atoms. The molecule has 1 N–H and O–H groups in total. The van der Waals surface area contributed by atoms with Crippen LogP contribution in [-0.4, -0.2) is 45.2 Å².